The quantitative estimate of drug-likeness (QED) is 0.869. The smallest absolute Gasteiger partial charge is 0.0951 e. The van der Waals surface area contributed by atoms with Gasteiger partial charge in [-0.3, -0.25) is 0 Å². The summed E-state index contributed by atoms with van der Waals surface area (Å²) in [5.41, 5.74) is 1.40. The van der Waals surface area contributed by atoms with Crippen molar-refractivity contribution < 1.29 is 0 Å². The van der Waals surface area contributed by atoms with Crippen molar-refractivity contribution in [1.82, 2.24) is 14.9 Å². The molecule has 17 heavy (non-hydrogen) atoms. The SMILES string of the molecule is CC(C1CCCC1)n1cncc1[C@@H]1CCCN1. The van der Waals surface area contributed by atoms with E-state index in [1.54, 1.807) is 0 Å². The third-order valence-electron chi connectivity index (χ3n) is 4.63. The highest BCUT2D eigenvalue weighted by Gasteiger charge is 2.27. The first-order valence-electron chi connectivity index (χ1n) is 7.11. The topological polar surface area (TPSA) is 29.9 Å². The van der Waals surface area contributed by atoms with Crippen molar-refractivity contribution in [3.63, 3.8) is 0 Å². The molecule has 0 radical (unpaired) electrons. The Morgan fingerprint density at radius 3 is 2.82 bits per heavy atom. The molecule has 1 aliphatic heterocycles. The number of hydrogen-bond donors (Lipinski definition) is 1. The van der Waals surface area contributed by atoms with Gasteiger partial charge in [0, 0.05) is 18.3 Å². The molecule has 3 rings (SSSR count). The third-order valence-corrected chi connectivity index (χ3v) is 4.63. The van der Waals surface area contributed by atoms with Crippen molar-refractivity contribution in [3.05, 3.63) is 18.2 Å². The summed E-state index contributed by atoms with van der Waals surface area (Å²) in [7, 11) is 0. The Labute approximate surface area is 104 Å². The van der Waals surface area contributed by atoms with Crippen LogP contribution >= 0.6 is 0 Å². The minimum absolute atomic E-state index is 0.543. The molecule has 2 heterocycles. The van der Waals surface area contributed by atoms with Gasteiger partial charge in [0.1, 0.15) is 0 Å². The molecule has 2 aliphatic rings. The van der Waals surface area contributed by atoms with Crippen LogP contribution in [0.1, 0.15) is 63.2 Å². The van der Waals surface area contributed by atoms with Gasteiger partial charge in [-0.25, -0.2) is 4.98 Å². The average molecular weight is 233 g/mol. The molecular formula is C14H23N3. The van der Waals surface area contributed by atoms with Crippen LogP contribution in [0.5, 0.6) is 0 Å². The van der Waals surface area contributed by atoms with E-state index >= 15 is 0 Å². The van der Waals surface area contributed by atoms with Crippen molar-refractivity contribution in [3.8, 4) is 0 Å². The first-order chi connectivity index (χ1) is 8.36. The first-order valence-corrected chi connectivity index (χ1v) is 7.11. The molecule has 1 aromatic rings. The molecule has 94 valence electrons. The number of imidazole rings is 1. The molecule has 1 saturated heterocycles. The fraction of sp³-hybridized carbons (Fsp3) is 0.786. The molecule has 1 N–H and O–H groups in total. The fourth-order valence-electron chi connectivity index (χ4n) is 3.53. The van der Waals surface area contributed by atoms with Gasteiger partial charge in [-0.05, 0) is 45.1 Å². The van der Waals surface area contributed by atoms with E-state index in [1.165, 1.54) is 44.2 Å². The Morgan fingerprint density at radius 1 is 1.29 bits per heavy atom. The largest absolute Gasteiger partial charge is 0.330 e. The van der Waals surface area contributed by atoms with Crippen molar-refractivity contribution in [2.24, 2.45) is 5.92 Å². The molecule has 1 aromatic heterocycles. The third kappa shape index (κ3) is 2.13. The summed E-state index contributed by atoms with van der Waals surface area (Å²) < 4.78 is 2.43. The van der Waals surface area contributed by atoms with Gasteiger partial charge in [0.25, 0.3) is 0 Å². The van der Waals surface area contributed by atoms with Gasteiger partial charge < -0.3 is 9.88 Å². The molecule has 1 aliphatic carbocycles. The van der Waals surface area contributed by atoms with Gasteiger partial charge in [-0.15, -0.1) is 0 Å². The summed E-state index contributed by atoms with van der Waals surface area (Å²) >= 11 is 0. The Bertz CT molecular complexity index is 359. The van der Waals surface area contributed by atoms with E-state index in [4.69, 9.17) is 0 Å². The molecule has 1 saturated carbocycles. The molecule has 1 unspecified atom stereocenters. The second-order valence-electron chi connectivity index (χ2n) is 5.66. The Hall–Kier alpha value is -0.830. The zero-order valence-corrected chi connectivity index (χ0v) is 10.7. The van der Waals surface area contributed by atoms with Crippen LogP contribution in [0.25, 0.3) is 0 Å². The second kappa shape index (κ2) is 4.81. The van der Waals surface area contributed by atoms with Gasteiger partial charge in [-0.2, -0.15) is 0 Å². The number of aromatic nitrogens is 2. The van der Waals surface area contributed by atoms with Crippen LogP contribution in [0, 0.1) is 5.92 Å². The molecule has 3 heteroatoms. The lowest BCUT2D eigenvalue weighted by atomic mass is 9.99. The molecule has 0 aromatic carbocycles. The number of rotatable bonds is 3. The summed E-state index contributed by atoms with van der Waals surface area (Å²) in [5, 5.41) is 3.58. The summed E-state index contributed by atoms with van der Waals surface area (Å²) in [6, 6.07) is 1.17. The molecule has 0 bridgehead atoms. The molecule has 3 nitrogen and oxygen atoms in total. The first kappa shape index (κ1) is 11.3. The Balaban J connectivity index is 1.79. The second-order valence-corrected chi connectivity index (χ2v) is 5.66. The predicted molar refractivity (Wildman–Crippen MR) is 68.9 cm³/mol. The molecular weight excluding hydrogens is 210 g/mol. The van der Waals surface area contributed by atoms with Crippen molar-refractivity contribution in [2.45, 2.75) is 57.5 Å². The molecule has 0 amide bonds. The van der Waals surface area contributed by atoms with Gasteiger partial charge in [0.2, 0.25) is 0 Å². The minimum atomic E-state index is 0.543. The maximum absolute atomic E-state index is 4.38. The van der Waals surface area contributed by atoms with Crippen LogP contribution in [-0.2, 0) is 0 Å². The van der Waals surface area contributed by atoms with Crippen LogP contribution < -0.4 is 5.32 Å². The van der Waals surface area contributed by atoms with E-state index in [9.17, 15) is 0 Å². The highest BCUT2D eigenvalue weighted by atomic mass is 15.1. The van der Waals surface area contributed by atoms with E-state index < -0.39 is 0 Å². The minimum Gasteiger partial charge on any atom is -0.330 e. The van der Waals surface area contributed by atoms with Gasteiger partial charge >= 0.3 is 0 Å². The summed E-state index contributed by atoms with van der Waals surface area (Å²) in [5.74, 6) is 0.865. The Morgan fingerprint density at radius 2 is 2.12 bits per heavy atom. The van der Waals surface area contributed by atoms with E-state index in [-0.39, 0.29) is 0 Å². The van der Waals surface area contributed by atoms with Crippen LogP contribution in [0.3, 0.4) is 0 Å². The molecule has 0 spiro atoms. The average Bonchev–Trinajstić information content (AvgIpc) is 3.09. The van der Waals surface area contributed by atoms with E-state index in [0.29, 0.717) is 12.1 Å². The van der Waals surface area contributed by atoms with Crippen molar-refractivity contribution >= 4 is 0 Å². The van der Waals surface area contributed by atoms with E-state index in [0.717, 1.165) is 12.5 Å². The van der Waals surface area contributed by atoms with Crippen LogP contribution in [0.15, 0.2) is 12.5 Å². The highest BCUT2D eigenvalue weighted by molar-refractivity contribution is 5.09. The van der Waals surface area contributed by atoms with Crippen LogP contribution in [0.2, 0.25) is 0 Å². The summed E-state index contributed by atoms with van der Waals surface area (Å²) in [4.78, 5) is 4.38. The molecule has 2 atom stereocenters. The zero-order valence-electron chi connectivity index (χ0n) is 10.7. The van der Waals surface area contributed by atoms with Crippen molar-refractivity contribution in [2.75, 3.05) is 6.54 Å². The highest BCUT2D eigenvalue weighted by Crippen LogP contribution is 2.36. The predicted octanol–water partition coefficient (Wildman–Crippen LogP) is 3.06. The van der Waals surface area contributed by atoms with Crippen molar-refractivity contribution in [1.29, 1.82) is 0 Å². The van der Waals surface area contributed by atoms with Gasteiger partial charge in [-0.1, -0.05) is 12.8 Å². The lowest BCUT2D eigenvalue weighted by Crippen LogP contribution is -2.21. The number of nitrogens with one attached hydrogen (secondary N) is 1. The summed E-state index contributed by atoms with van der Waals surface area (Å²) in [6.45, 7) is 3.53. The van der Waals surface area contributed by atoms with Gasteiger partial charge in [0.15, 0.2) is 0 Å². The lowest BCUT2D eigenvalue weighted by molar-refractivity contribution is 0.346. The van der Waals surface area contributed by atoms with Crippen LogP contribution in [0.4, 0.5) is 0 Å². The maximum atomic E-state index is 4.38. The standard InChI is InChI=1S/C14H23N3/c1-11(12-5-2-3-6-12)17-10-15-9-14(17)13-7-4-8-16-13/h9-13,16H,2-8H2,1H3/t11?,13-/m0/s1. The number of hydrogen-bond acceptors (Lipinski definition) is 2. The monoisotopic (exact) mass is 233 g/mol. The van der Waals surface area contributed by atoms with Gasteiger partial charge in [0.05, 0.1) is 12.0 Å². The lowest BCUT2D eigenvalue weighted by Gasteiger charge is -2.24. The van der Waals surface area contributed by atoms with E-state index in [2.05, 4.69) is 28.0 Å². The summed E-state index contributed by atoms with van der Waals surface area (Å²) in [6.07, 6.45) is 12.3. The number of nitrogens with zero attached hydrogens (tertiary/aromatic N) is 2. The maximum Gasteiger partial charge on any atom is 0.0951 e. The van der Waals surface area contributed by atoms with E-state index in [1.807, 2.05) is 6.33 Å². The zero-order chi connectivity index (χ0) is 11.7. The normalized spacial score (nSPS) is 27.7. The van der Waals surface area contributed by atoms with Crippen LogP contribution in [-0.4, -0.2) is 16.1 Å². The Kier molecular flexibility index (Phi) is 3.19. The fourth-order valence-corrected chi connectivity index (χ4v) is 3.53. The molecule has 2 fully saturated rings.